The molecule has 1 unspecified atom stereocenters. The maximum atomic E-state index is 13.0. The van der Waals surface area contributed by atoms with Crippen LogP contribution in [0.2, 0.25) is 0 Å². The lowest BCUT2D eigenvalue weighted by Crippen LogP contribution is -2.51. The van der Waals surface area contributed by atoms with Crippen molar-refractivity contribution in [2.75, 3.05) is 25.4 Å². The van der Waals surface area contributed by atoms with Crippen LogP contribution in [0.3, 0.4) is 0 Å². The number of nitrogens with zero attached hydrogens (tertiary/aromatic N) is 2. The first-order valence-corrected chi connectivity index (χ1v) is 10.6. The number of carbonyl (C=O) groups is 1. The van der Waals surface area contributed by atoms with Crippen molar-refractivity contribution in [2.24, 2.45) is 0 Å². The van der Waals surface area contributed by atoms with Crippen LogP contribution in [0.5, 0.6) is 0 Å². The highest BCUT2D eigenvalue weighted by molar-refractivity contribution is 7.99. The average molecular weight is 367 g/mol. The molecule has 1 amide bonds. The van der Waals surface area contributed by atoms with E-state index in [4.69, 9.17) is 0 Å². The van der Waals surface area contributed by atoms with Gasteiger partial charge in [-0.1, -0.05) is 48.5 Å². The summed E-state index contributed by atoms with van der Waals surface area (Å²) >= 11 is 1.77. The predicted octanol–water partition coefficient (Wildman–Crippen LogP) is 4.22. The number of thioether (sulfide) groups is 1. The van der Waals surface area contributed by atoms with Gasteiger partial charge in [-0.3, -0.25) is 9.69 Å². The highest BCUT2D eigenvalue weighted by atomic mass is 32.2. The van der Waals surface area contributed by atoms with Crippen LogP contribution in [0.4, 0.5) is 0 Å². The van der Waals surface area contributed by atoms with Gasteiger partial charge in [-0.15, -0.1) is 11.8 Å². The second-order valence-electron chi connectivity index (χ2n) is 7.15. The van der Waals surface area contributed by atoms with Crippen LogP contribution in [0, 0.1) is 0 Å². The van der Waals surface area contributed by atoms with Crippen molar-refractivity contribution in [1.29, 1.82) is 0 Å². The van der Waals surface area contributed by atoms with Crippen molar-refractivity contribution in [3.63, 3.8) is 0 Å². The van der Waals surface area contributed by atoms with Crippen LogP contribution in [-0.2, 0) is 4.79 Å². The minimum atomic E-state index is 0.194. The van der Waals surface area contributed by atoms with E-state index >= 15 is 0 Å². The summed E-state index contributed by atoms with van der Waals surface area (Å²) in [5.41, 5.74) is 1.27. The normalized spacial score (nSPS) is 20.9. The van der Waals surface area contributed by atoms with E-state index in [1.165, 1.54) is 23.3 Å². The van der Waals surface area contributed by atoms with Gasteiger partial charge in [0.15, 0.2) is 0 Å². The molecule has 0 N–H and O–H groups in total. The summed E-state index contributed by atoms with van der Waals surface area (Å²) in [6, 6.07) is 21.8. The molecule has 1 aliphatic heterocycles. The summed E-state index contributed by atoms with van der Waals surface area (Å²) in [5.74, 6) is 1.13. The van der Waals surface area contributed by atoms with Gasteiger partial charge in [0.05, 0.1) is 6.04 Å². The molecule has 0 spiro atoms. The smallest absolute Gasteiger partial charge is 0.224 e. The molecule has 4 heteroatoms. The van der Waals surface area contributed by atoms with Crippen LogP contribution >= 0.6 is 11.8 Å². The first-order chi connectivity index (χ1) is 12.8. The molecule has 1 aliphatic carbocycles. The number of benzene rings is 2. The minimum absolute atomic E-state index is 0.194. The van der Waals surface area contributed by atoms with Crippen molar-refractivity contribution in [2.45, 2.75) is 36.2 Å². The molecule has 2 fully saturated rings. The number of hydrogen-bond donors (Lipinski definition) is 0. The van der Waals surface area contributed by atoms with Crippen molar-refractivity contribution < 1.29 is 4.79 Å². The number of hydrogen-bond acceptors (Lipinski definition) is 3. The Morgan fingerprint density at radius 2 is 1.65 bits per heavy atom. The Bertz CT molecular complexity index is 717. The van der Waals surface area contributed by atoms with Gasteiger partial charge >= 0.3 is 0 Å². The van der Waals surface area contributed by atoms with Crippen molar-refractivity contribution >= 4 is 17.7 Å². The van der Waals surface area contributed by atoms with Crippen LogP contribution in [0.25, 0.3) is 0 Å². The molecule has 1 saturated heterocycles. The Morgan fingerprint density at radius 3 is 2.35 bits per heavy atom. The zero-order valence-corrected chi connectivity index (χ0v) is 15.9. The molecule has 1 saturated carbocycles. The molecular formula is C22H26N2OS. The SMILES string of the molecule is O=C(CCSc1ccccc1)N1CCN(C2CC2)CC1c1ccccc1. The third-order valence-corrected chi connectivity index (χ3v) is 6.32. The quantitative estimate of drug-likeness (QED) is 0.715. The Kier molecular flexibility index (Phi) is 5.61. The summed E-state index contributed by atoms with van der Waals surface area (Å²) in [4.78, 5) is 18.9. The fourth-order valence-electron chi connectivity index (χ4n) is 3.75. The van der Waals surface area contributed by atoms with Crippen LogP contribution < -0.4 is 0 Å². The second kappa shape index (κ2) is 8.28. The van der Waals surface area contributed by atoms with Gasteiger partial charge in [0.25, 0.3) is 0 Å². The number of amides is 1. The predicted molar refractivity (Wildman–Crippen MR) is 107 cm³/mol. The first kappa shape index (κ1) is 17.6. The van der Waals surface area contributed by atoms with Gasteiger partial charge in [0, 0.05) is 42.7 Å². The molecule has 3 nitrogen and oxygen atoms in total. The van der Waals surface area contributed by atoms with Crippen molar-refractivity contribution in [3.05, 3.63) is 66.2 Å². The van der Waals surface area contributed by atoms with Crippen molar-refractivity contribution in [3.8, 4) is 0 Å². The van der Waals surface area contributed by atoms with Gasteiger partial charge in [-0.25, -0.2) is 0 Å². The molecule has 0 radical (unpaired) electrons. The lowest BCUT2D eigenvalue weighted by Gasteiger charge is -2.42. The highest BCUT2D eigenvalue weighted by Gasteiger charge is 2.37. The molecular weight excluding hydrogens is 340 g/mol. The van der Waals surface area contributed by atoms with Crippen molar-refractivity contribution in [1.82, 2.24) is 9.80 Å². The summed E-state index contributed by atoms with van der Waals surface area (Å²) in [6.45, 7) is 2.85. The molecule has 2 aromatic carbocycles. The number of rotatable bonds is 6. The largest absolute Gasteiger partial charge is 0.333 e. The number of piperazine rings is 1. The second-order valence-corrected chi connectivity index (χ2v) is 8.32. The molecule has 1 heterocycles. The zero-order valence-electron chi connectivity index (χ0n) is 15.1. The fourth-order valence-corrected chi connectivity index (χ4v) is 4.61. The summed E-state index contributed by atoms with van der Waals surface area (Å²) < 4.78 is 0. The lowest BCUT2D eigenvalue weighted by molar-refractivity contribution is -0.136. The van der Waals surface area contributed by atoms with E-state index < -0.39 is 0 Å². The Hall–Kier alpha value is -1.78. The highest BCUT2D eigenvalue weighted by Crippen LogP contribution is 2.34. The van der Waals surface area contributed by atoms with Gasteiger partial charge in [-0.2, -0.15) is 0 Å². The molecule has 2 aromatic rings. The summed E-state index contributed by atoms with van der Waals surface area (Å²) in [6.07, 6.45) is 3.25. The lowest BCUT2D eigenvalue weighted by atomic mass is 10.0. The molecule has 0 bridgehead atoms. The maximum absolute atomic E-state index is 13.0. The molecule has 4 rings (SSSR count). The van der Waals surface area contributed by atoms with Gasteiger partial charge in [-0.05, 0) is 30.5 Å². The molecule has 136 valence electrons. The maximum Gasteiger partial charge on any atom is 0.224 e. The van der Waals surface area contributed by atoms with E-state index in [1.807, 2.05) is 24.3 Å². The third-order valence-electron chi connectivity index (χ3n) is 5.31. The van der Waals surface area contributed by atoms with Gasteiger partial charge < -0.3 is 4.90 Å². The first-order valence-electron chi connectivity index (χ1n) is 9.57. The van der Waals surface area contributed by atoms with Crippen LogP contribution in [0.1, 0.15) is 30.9 Å². The van der Waals surface area contributed by atoms with E-state index in [9.17, 15) is 4.79 Å². The number of carbonyl (C=O) groups excluding carboxylic acids is 1. The van der Waals surface area contributed by atoms with E-state index in [2.05, 4.69) is 46.2 Å². The average Bonchev–Trinajstić information content (AvgIpc) is 3.54. The van der Waals surface area contributed by atoms with E-state index in [0.717, 1.165) is 31.4 Å². The molecule has 26 heavy (non-hydrogen) atoms. The summed E-state index contributed by atoms with van der Waals surface area (Å²) in [7, 11) is 0. The van der Waals surface area contributed by atoms with E-state index in [0.29, 0.717) is 6.42 Å². The molecule has 0 aromatic heterocycles. The third kappa shape index (κ3) is 4.30. The van der Waals surface area contributed by atoms with E-state index in [1.54, 1.807) is 11.8 Å². The Morgan fingerprint density at radius 1 is 0.962 bits per heavy atom. The fraction of sp³-hybridized carbons (Fsp3) is 0.409. The minimum Gasteiger partial charge on any atom is -0.333 e. The Labute approximate surface area is 160 Å². The molecule has 2 aliphatic rings. The van der Waals surface area contributed by atoms with E-state index in [-0.39, 0.29) is 11.9 Å². The standard InChI is InChI=1S/C22H26N2OS/c25-22(13-16-26-20-9-5-2-6-10-20)24-15-14-23(19-11-12-19)17-21(24)18-7-3-1-4-8-18/h1-10,19,21H,11-17H2. The summed E-state index contributed by atoms with van der Waals surface area (Å²) in [5, 5.41) is 0. The monoisotopic (exact) mass is 366 g/mol. The topological polar surface area (TPSA) is 23.6 Å². The molecule has 1 atom stereocenters. The van der Waals surface area contributed by atoms with Crippen LogP contribution in [0.15, 0.2) is 65.6 Å². The van der Waals surface area contributed by atoms with Crippen LogP contribution in [-0.4, -0.2) is 47.1 Å². The zero-order chi connectivity index (χ0) is 17.8. The van der Waals surface area contributed by atoms with Gasteiger partial charge in [0.1, 0.15) is 0 Å². The Balaban J connectivity index is 1.40. The van der Waals surface area contributed by atoms with Gasteiger partial charge in [0.2, 0.25) is 5.91 Å².